The summed E-state index contributed by atoms with van der Waals surface area (Å²) in [6, 6.07) is 0. The van der Waals surface area contributed by atoms with Gasteiger partial charge in [-0.25, -0.2) is 9.79 Å². The molecule has 0 saturated heterocycles. The maximum absolute atomic E-state index is 12.1. The van der Waals surface area contributed by atoms with Gasteiger partial charge in [0, 0.05) is 13.3 Å². The van der Waals surface area contributed by atoms with Gasteiger partial charge in [0.1, 0.15) is 12.2 Å². The van der Waals surface area contributed by atoms with E-state index >= 15 is 0 Å². The minimum Gasteiger partial charge on any atom is -0.369 e. The van der Waals surface area contributed by atoms with E-state index in [4.69, 9.17) is 0 Å². The Morgan fingerprint density at radius 3 is 2.56 bits per heavy atom. The Hall–Kier alpha value is -2.06. The van der Waals surface area contributed by atoms with E-state index in [0.29, 0.717) is 0 Å². The second-order valence-corrected chi connectivity index (χ2v) is 3.37. The number of aromatic nitrogens is 2. The monoisotopic (exact) mass is 264 g/mol. The predicted molar refractivity (Wildman–Crippen MR) is 60.7 cm³/mol. The molecule has 0 bridgehead atoms. The average Bonchev–Trinajstić information content (AvgIpc) is 2.23. The summed E-state index contributed by atoms with van der Waals surface area (Å²) in [5.74, 6) is -0.157. The molecule has 0 spiro atoms. The van der Waals surface area contributed by atoms with E-state index in [1.54, 1.807) is 0 Å². The summed E-state index contributed by atoms with van der Waals surface area (Å²) < 4.78 is 37.2. The van der Waals surface area contributed by atoms with Gasteiger partial charge in [-0.2, -0.15) is 13.2 Å². The lowest BCUT2D eigenvalue weighted by Gasteiger charge is -2.12. The van der Waals surface area contributed by atoms with Crippen LogP contribution in [0.1, 0.15) is 6.92 Å². The molecular weight excluding hydrogens is 253 g/mol. The van der Waals surface area contributed by atoms with Crippen LogP contribution in [-0.2, 0) is 7.05 Å². The van der Waals surface area contributed by atoms with Crippen molar-refractivity contribution in [1.29, 1.82) is 0 Å². The van der Waals surface area contributed by atoms with Crippen LogP contribution in [0, 0.1) is 0 Å². The van der Waals surface area contributed by atoms with E-state index in [-0.39, 0.29) is 5.82 Å². The number of anilines is 1. The lowest BCUT2D eigenvalue weighted by molar-refractivity contribution is -0.115. The maximum atomic E-state index is 12.1. The van der Waals surface area contributed by atoms with E-state index < -0.39 is 29.7 Å². The van der Waals surface area contributed by atoms with E-state index in [9.17, 15) is 22.8 Å². The molecule has 0 aromatic carbocycles. The van der Waals surface area contributed by atoms with Crippen molar-refractivity contribution in [2.24, 2.45) is 12.0 Å². The molecule has 2 N–H and O–H groups in total. The molecule has 0 atom stereocenters. The molecule has 0 aliphatic rings. The highest BCUT2D eigenvalue weighted by Crippen LogP contribution is 2.20. The molecule has 6 nitrogen and oxygen atoms in total. The van der Waals surface area contributed by atoms with Crippen LogP contribution in [0.25, 0.3) is 0 Å². The van der Waals surface area contributed by atoms with Crippen molar-refractivity contribution in [3.05, 3.63) is 20.8 Å². The minimum atomic E-state index is -4.48. The first-order chi connectivity index (χ1) is 8.26. The molecule has 1 rings (SSSR count). The first-order valence-electron chi connectivity index (χ1n) is 4.89. The van der Waals surface area contributed by atoms with Crippen molar-refractivity contribution in [1.82, 2.24) is 9.55 Å². The Kier molecular flexibility index (Phi) is 3.94. The first-order valence-corrected chi connectivity index (χ1v) is 4.89. The zero-order valence-corrected chi connectivity index (χ0v) is 9.63. The van der Waals surface area contributed by atoms with Crippen molar-refractivity contribution in [3.8, 4) is 0 Å². The highest BCUT2D eigenvalue weighted by atomic mass is 19.4. The van der Waals surface area contributed by atoms with Crippen LogP contribution in [0.3, 0.4) is 0 Å². The summed E-state index contributed by atoms with van der Waals surface area (Å²) in [6.07, 6.45) is -3.21. The number of alkyl halides is 3. The third-order valence-corrected chi connectivity index (χ3v) is 2.01. The number of nitrogens with zero attached hydrogens (tertiary/aromatic N) is 2. The van der Waals surface area contributed by atoms with E-state index in [2.05, 4.69) is 4.99 Å². The summed E-state index contributed by atoms with van der Waals surface area (Å²) in [7, 11) is 1.29. The molecule has 0 aliphatic carbocycles. The third-order valence-electron chi connectivity index (χ3n) is 2.01. The standard InChI is InChI=1S/C9H11F3N4O2/c1-3-13-6-5(14-4-9(10,11)12)7(17)15-8(18)16(6)2/h3,14H,4H2,1-2H3,(H,15,17,18). The molecule has 0 saturated carbocycles. The zero-order valence-electron chi connectivity index (χ0n) is 9.63. The van der Waals surface area contributed by atoms with E-state index in [1.807, 2.05) is 10.3 Å². The molecule has 9 heteroatoms. The second-order valence-electron chi connectivity index (χ2n) is 3.37. The molecular formula is C9H11F3N4O2. The third kappa shape index (κ3) is 3.22. The molecule has 18 heavy (non-hydrogen) atoms. The van der Waals surface area contributed by atoms with Gasteiger partial charge >= 0.3 is 11.9 Å². The summed E-state index contributed by atoms with van der Waals surface area (Å²) in [5, 5.41) is 1.93. The Balaban J connectivity index is 3.29. The Morgan fingerprint density at radius 2 is 2.06 bits per heavy atom. The fraction of sp³-hybridized carbons (Fsp3) is 0.444. The molecule has 0 amide bonds. The number of halogens is 3. The topological polar surface area (TPSA) is 79.2 Å². The van der Waals surface area contributed by atoms with Gasteiger partial charge in [-0.3, -0.25) is 14.3 Å². The quantitative estimate of drug-likeness (QED) is 0.791. The molecule has 1 aromatic heterocycles. The number of aliphatic imine (C=N–C) groups is 1. The van der Waals surface area contributed by atoms with Crippen molar-refractivity contribution in [2.75, 3.05) is 11.9 Å². The summed E-state index contributed by atoms with van der Waals surface area (Å²) >= 11 is 0. The lowest BCUT2D eigenvalue weighted by atomic mass is 10.4. The lowest BCUT2D eigenvalue weighted by Crippen LogP contribution is -2.32. The van der Waals surface area contributed by atoms with Crippen LogP contribution < -0.4 is 16.6 Å². The number of nitrogens with one attached hydrogen (secondary N) is 2. The van der Waals surface area contributed by atoms with Gasteiger partial charge in [0.2, 0.25) is 0 Å². The molecule has 1 heterocycles. The largest absolute Gasteiger partial charge is 0.405 e. The summed E-state index contributed by atoms with van der Waals surface area (Å²) in [5.41, 5.74) is -2.09. The van der Waals surface area contributed by atoms with Crippen LogP contribution in [0.5, 0.6) is 0 Å². The Bertz CT molecular complexity index is 571. The van der Waals surface area contributed by atoms with Gasteiger partial charge < -0.3 is 5.32 Å². The highest BCUT2D eigenvalue weighted by Gasteiger charge is 2.28. The number of hydrogen-bond acceptors (Lipinski definition) is 4. The van der Waals surface area contributed by atoms with Crippen molar-refractivity contribution >= 4 is 17.7 Å². The van der Waals surface area contributed by atoms with Crippen LogP contribution in [0.4, 0.5) is 24.7 Å². The number of aromatic amines is 1. The zero-order chi connectivity index (χ0) is 13.9. The van der Waals surface area contributed by atoms with E-state index in [1.165, 1.54) is 20.2 Å². The van der Waals surface area contributed by atoms with Crippen molar-refractivity contribution < 1.29 is 13.2 Å². The Labute approximate surface area is 99.2 Å². The fourth-order valence-electron chi connectivity index (χ4n) is 1.23. The first kappa shape index (κ1) is 14.0. The van der Waals surface area contributed by atoms with Crippen molar-refractivity contribution in [3.63, 3.8) is 0 Å². The second kappa shape index (κ2) is 5.07. The molecule has 1 aromatic rings. The molecule has 0 aliphatic heterocycles. The Morgan fingerprint density at radius 1 is 1.44 bits per heavy atom. The maximum Gasteiger partial charge on any atom is 0.405 e. The molecule has 100 valence electrons. The van der Waals surface area contributed by atoms with Crippen LogP contribution >= 0.6 is 0 Å². The number of rotatable bonds is 3. The van der Waals surface area contributed by atoms with Crippen LogP contribution in [0.2, 0.25) is 0 Å². The van der Waals surface area contributed by atoms with Gasteiger partial charge in [0.25, 0.3) is 5.56 Å². The van der Waals surface area contributed by atoms with Gasteiger partial charge in [-0.05, 0) is 6.92 Å². The normalized spacial score (nSPS) is 12.1. The van der Waals surface area contributed by atoms with Gasteiger partial charge in [0.15, 0.2) is 5.82 Å². The highest BCUT2D eigenvalue weighted by molar-refractivity contribution is 5.67. The smallest absolute Gasteiger partial charge is 0.369 e. The average molecular weight is 264 g/mol. The van der Waals surface area contributed by atoms with Gasteiger partial charge in [0.05, 0.1) is 0 Å². The number of H-pyrrole nitrogens is 1. The summed E-state index contributed by atoms with van der Waals surface area (Å²) in [6.45, 7) is 0.125. The molecule has 0 fully saturated rings. The van der Waals surface area contributed by atoms with Crippen LogP contribution in [0.15, 0.2) is 14.6 Å². The molecule has 0 unspecified atom stereocenters. The predicted octanol–water partition coefficient (Wildman–Crippen LogP) is 0.770. The minimum absolute atomic E-state index is 0.157. The van der Waals surface area contributed by atoms with Crippen LogP contribution in [-0.4, -0.2) is 28.5 Å². The van der Waals surface area contributed by atoms with Gasteiger partial charge in [-0.15, -0.1) is 0 Å². The SMILES string of the molecule is CC=Nc1c(NCC(F)(F)F)c(=O)[nH]c(=O)n1C. The van der Waals surface area contributed by atoms with Crippen molar-refractivity contribution in [2.45, 2.75) is 13.1 Å². The summed E-state index contributed by atoms with van der Waals surface area (Å²) in [4.78, 5) is 28.3. The van der Waals surface area contributed by atoms with Gasteiger partial charge in [-0.1, -0.05) is 0 Å². The van der Waals surface area contributed by atoms with E-state index in [0.717, 1.165) is 4.57 Å². The molecule has 0 radical (unpaired) electrons. The fourth-order valence-corrected chi connectivity index (χ4v) is 1.23. The number of hydrogen-bond donors (Lipinski definition) is 2.